The molecule has 0 aliphatic heterocycles. The highest BCUT2D eigenvalue weighted by atomic mass is 35.5. The Labute approximate surface area is 150 Å². The first-order valence-electron chi connectivity index (χ1n) is 7.28. The van der Waals surface area contributed by atoms with Gasteiger partial charge < -0.3 is 15.5 Å². The quantitative estimate of drug-likeness (QED) is 0.811. The first-order chi connectivity index (χ1) is 11.4. The average molecular weight is 370 g/mol. The van der Waals surface area contributed by atoms with Gasteiger partial charge in [-0.3, -0.25) is 0 Å². The SMILES string of the molecule is CN(C)C(CNC(=O)Nc1cc(Cl)ccc1Cl)c1cccc(F)c1. The van der Waals surface area contributed by atoms with E-state index in [1.165, 1.54) is 12.1 Å². The number of benzene rings is 2. The second kappa shape index (κ2) is 8.33. The van der Waals surface area contributed by atoms with Gasteiger partial charge in [0, 0.05) is 11.6 Å². The molecule has 0 spiro atoms. The molecule has 2 rings (SSSR count). The number of urea groups is 1. The molecular formula is C17H18Cl2FN3O. The van der Waals surface area contributed by atoms with E-state index in [4.69, 9.17) is 23.2 Å². The standard InChI is InChI=1S/C17H18Cl2FN3O/c1-23(2)16(11-4-3-5-13(20)8-11)10-21-17(24)22-15-9-12(18)6-7-14(15)19/h3-9,16H,10H2,1-2H3,(H2,21,22,24). The highest BCUT2D eigenvalue weighted by Gasteiger charge is 2.16. The molecule has 0 saturated carbocycles. The van der Waals surface area contributed by atoms with Crippen LogP contribution in [-0.2, 0) is 0 Å². The maximum absolute atomic E-state index is 13.4. The van der Waals surface area contributed by atoms with E-state index < -0.39 is 6.03 Å². The van der Waals surface area contributed by atoms with E-state index in [2.05, 4.69) is 10.6 Å². The zero-order chi connectivity index (χ0) is 17.7. The monoisotopic (exact) mass is 369 g/mol. The summed E-state index contributed by atoms with van der Waals surface area (Å²) in [5.41, 5.74) is 1.20. The van der Waals surface area contributed by atoms with Crippen LogP contribution in [0.4, 0.5) is 14.9 Å². The summed E-state index contributed by atoms with van der Waals surface area (Å²) in [6.07, 6.45) is 0. The van der Waals surface area contributed by atoms with Crippen LogP contribution in [-0.4, -0.2) is 31.6 Å². The number of nitrogens with one attached hydrogen (secondary N) is 2. The molecule has 128 valence electrons. The number of rotatable bonds is 5. The van der Waals surface area contributed by atoms with E-state index in [0.717, 1.165) is 5.56 Å². The van der Waals surface area contributed by atoms with Crippen molar-refractivity contribution < 1.29 is 9.18 Å². The summed E-state index contributed by atoms with van der Waals surface area (Å²) in [6, 6.07) is 10.5. The molecule has 0 aliphatic rings. The minimum absolute atomic E-state index is 0.165. The minimum Gasteiger partial charge on any atom is -0.336 e. The number of nitrogens with zero attached hydrogens (tertiary/aromatic N) is 1. The molecule has 0 saturated heterocycles. The van der Waals surface area contributed by atoms with Crippen molar-refractivity contribution in [3.05, 3.63) is 63.9 Å². The van der Waals surface area contributed by atoms with Crippen LogP contribution >= 0.6 is 23.2 Å². The molecular weight excluding hydrogens is 352 g/mol. The lowest BCUT2D eigenvalue weighted by molar-refractivity contribution is 0.243. The fraction of sp³-hybridized carbons (Fsp3) is 0.235. The number of halogens is 3. The van der Waals surface area contributed by atoms with Gasteiger partial charge in [-0.25, -0.2) is 9.18 Å². The van der Waals surface area contributed by atoms with Crippen LogP contribution in [0.2, 0.25) is 10.0 Å². The summed E-state index contributed by atoms with van der Waals surface area (Å²) >= 11 is 11.9. The van der Waals surface area contributed by atoms with Crippen LogP contribution < -0.4 is 10.6 Å². The van der Waals surface area contributed by atoms with Gasteiger partial charge in [0.15, 0.2) is 0 Å². The van der Waals surface area contributed by atoms with E-state index in [1.54, 1.807) is 24.3 Å². The lowest BCUT2D eigenvalue weighted by atomic mass is 10.1. The summed E-state index contributed by atoms with van der Waals surface area (Å²) in [7, 11) is 3.73. The Morgan fingerprint density at radius 2 is 1.96 bits per heavy atom. The van der Waals surface area contributed by atoms with Crippen molar-refractivity contribution in [3.63, 3.8) is 0 Å². The third-order valence-electron chi connectivity index (χ3n) is 3.49. The molecule has 4 nitrogen and oxygen atoms in total. The Kier molecular flexibility index (Phi) is 6.43. The second-order valence-electron chi connectivity index (χ2n) is 5.49. The van der Waals surface area contributed by atoms with Gasteiger partial charge >= 0.3 is 6.03 Å². The van der Waals surface area contributed by atoms with Gasteiger partial charge in [-0.05, 0) is 50.0 Å². The molecule has 0 fully saturated rings. The summed E-state index contributed by atoms with van der Waals surface area (Å²) in [5.74, 6) is -0.311. The smallest absolute Gasteiger partial charge is 0.319 e. The van der Waals surface area contributed by atoms with E-state index in [-0.39, 0.29) is 11.9 Å². The maximum atomic E-state index is 13.4. The van der Waals surface area contributed by atoms with Gasteiger partial charge in [-0.1, -0.05) is 35.3 Å². The van der Waals surface area contributed by atoms with Crippen LogP contribution in [0.3, 0.4) is 0 Å². The summed E-state index contributed by atoms with van der Waals surface area (Å²) < 4.78 is 13.4. The van der Waals surface area contributed by atoms with Gasteiger partial charge in [-0.2, -0.15) is 0 Å². The van der Waals surface area contributed by atoms with Crippen molar-refractivity contribution in [2.45, 2.75) is 6.04 Å². The number of amides is 2. The number of carbonyl (C=O) groups excluding carboxylic acids is 1. The molecule has 2 amide bonds. The molecule has 1 unspecified atom stereocenters. The fourth-order valence-corrected chi connectivity index (χ4v) is 2.60. The maximum Gasteiger partial charge on any atom is 0.319 e. The largest absolute Gasteiger partial charge is 0.336 e. The first kappa shape index (κ1) is 18.5. The molecule has 7 heteroatoms. The highest BCUT2D eigenvalue weighted by Crippen LogP contribution is 2.25. The van der Waals surface area contributed by atoms with Crippen molar-refractivity contribution in [3.8, 4) is 0 Å². The van der Waals surface area contributed by atoms with Crippen LogP contribution in [0.5, 0.6) is 0 Å². The van der Waals surface area contributed by atoms with Crippen molar-refractivity contribution in [2.75, 3.05) is 26.0 Å². The third kappa shape index (κ3) is 5.09. The number of hydrogen-bond acceptors (Lipinski definition) is 2. The molecule has 0 radical (unpaired) electrons. The predicted octanol–water partition coefficient (Wildman–Crippen LogP) is 4.56. The molecule has 0 aromatic heterocycles. The Hall–Kier alpha value is -1.82. The fourth-order valence-electron chi connectivity index (χ4n) is 2.26. The van der Waals surface area contributed by atoms with Gasteiger partial charge in [-0.15, -0.1) is 0 Å². The summed E-state index contributed by atoms with van der Waals surface area (Å²) in [5, 5.41) is 6.28. The van der Waals surface area contributed by atoms with E-state index in [0.29, 0.717) is 22.3 Å². The molecule has 1 atom stereocenters. The molecule has 2 N–H and O–H groups in total. The van der Waals surface area contributed by atoms with Gasteiger partial charge in [0.2, 0.25) is 0 Å². The van der Waals surface area contributed by atoms with E-state index >= 15 is 0 Å². The molecule has 0 bridgehead atoms. The average Bonchev–Trinajstić information content (AvgIpc) is 2.51. The molecule has 0 aliphatic carbocycles. The van der Waals surface area contributed by atoms with Gasteiger partial charge in [0.1, 0.15) is 5.82 Å². The van der Waals surface area contributed by atoms with Crippen molar-refractivity contribution in [1.82, 2.24) is 10.2 Å². The molecule has 2 aromatic rings. The normalized spacial score (nSPS) is 12.1. The van der Waals surface area contributed by atoms with Gasteiger partial charge in [0.05, 0.1) is 16.8 Å². The lowest BCUT2D eigenvalue weighted by Crippen LogP contribution is -2.37. The molecule has 2 aromatic carbocycles. The first-order valence-corrected chi connectivity index (χ1v) is 8.04. The van der Waals surface area contributed by atoms with E-state index in [9.17, 15) is 9.18 Å². The third-order valence-corrected chi connectivity index (χ3v) is 4.05. The predicted molar refractivity (Wildman–Crippen MR) is 96.3 cm³/mol. The van der Waals surface area contributed by atoms with Crippen LogP contribution in [0, 0.1) is 5.82 Å². The number of likely N-dealkylation sites (N-methyl/N-ethyl adjacent to an activating group) is 1. The van der Waals surface area contributed by atoms with Gasteiger partial charge in [0.25, 0.3) is 0 Å². The number of carbonyl (C=O) groups is 1. The Morgan fingerprint density at radius 1 is 1.21 bits per heavy atom. The minimum atomic E-state index is -0.414. The second-order valence-corrected chi connectivity index (χ2v) is 6.34. The number of hydrogen-bond donors (Lipinski definition) is 2. The summed E-state index contributed by atoms with van der Waals surface area (Å²) in [4.78, 5) is 14.0. The lowest BCUT2D eigenvalue weighted by Gasteiger charge is -2.25. The summed E-state index contributed by atoms with van der Waals surface area (Å²) in [6.45, 7) is 0.306. The molecule has 24 heavy (non-hydrogen) atoms. The van der Waals surface area contributed by atoms with E-state index in [1.807, 2.05) is 25.1 Å². The Balaban J connectivity index is 2.01. The van der Waals surface area contributed by atoms with Crippen LogP contribution in [0.1, 0.15) is 11.6 Å². The zero-order valence-corrected chi connectivity index (χ0v) is 14.8. The Morgan fingerprint density at radius 3 is 2.62 bits per heavy atom. The van der Waals surface area contributed by atoms with Crippen LogP contribution in [0.25, 0.3) is 0 Å². The van der Waals surface area contributed by atoms with Crippen LogP contribution in [0.15, 0.2) is 42.5 Å². The topological polar surface area (TPSA) is 44.4 Å². The van der Waals surface area contributed by atoms with Crippen molar-refractivity contribution >= 4 is 34.9 Å². The van der Waals surface area contributed by atoms with Crippen molar-refractivity contribution in [2.24, 2.45) is 0 Å². The Bertz CT molecular complexity index is 725. The zero-order valence-electron chi connectivity index (χ0n) is 13.3. The number of anilines is 1. The molecule has 0 heterocycles. The highest BCUT2D eigenvalue weighted by molar-refractivity contribution is 6.35. The van der Waals surface area contributed by atoms with Crippen molar-refractivity contribution in [1.29, 1.82) is 0 Å².